The van der Waals surface area contributed by atoms with Gasteiger partial charge >= 0.3 is 5.97 Å². The van der Waals surface area contributed by atoms with Gasteiger partial charge in [0.1, 0.15) is 11.8 Å². The fraction of sp³-hybridized carbons (Fsp3) is 0.273. The normalized spacial score (nSPS) is 15.4. The maximum absolute atomic E-state index is 11.2. The van der Waals surface area contributed by atoms with Crippen LogP contribution in [0.5, 0.6) is 5.75 Å². The Labute approximate surface area is 96.9 Å². The molecule has 0 aliphatic heterocycles. The summed E-state index contributed by atoms with van der Waals surface area (Å²) >= 11 is 0. The first kappa shape index (κ1) is 8.15. The van der Waals surface area contributed by atoms with Gasteiger partial charge in [-0.05, 0) is 17.7 Å². The van der Waals surface area contributed by atoms with Crippen molar-refractivity contribution in [1.29, 1.82) is 0 Å². The fourth-order valence-electron chi connectivity index (χ4n) is 1.23. The smallest absolute Gasteiger partial charge is 0.326 e. The maximum Gasteiger partial charge on any atom is 0.326 e. The SMILES string of the molecule is [2H]C([2H])([2H])C(=O)N[C@@H](Cc1ccc(O)cc1)C(=O)O. The van der Waals surface area contributed by atoms with Crippen molar-refractivity contribution in [2.45, 2.75) is 19.3 Å². The molecule has 0 spiro atoms. The van der Waals surface area contributed by atoms with Crippen LogP contribution in [0.3, 0.4) is 0 Å². The number of hydrogen-bond acceptors (Lipinski definition) is 3. The standard InChI is InChI=1S/C11H13NO4/c1-7(13)12-10(11(15)16)6-8-2-4-9(14)5-3-8/h2-5,10,14H,6H2,1H3,(H,12,13)(H,15,16)/t10-/m0/s1/i1D3. The first-order chi connectivity index (χ1) is 8.70. The van der Waals surface area contributed by atoms with Gasteiger partial charge in [0.2, 0.25) is 5.91 Å². The average Bonchev–Trinajstić information content (AvgIpc) is 2.29. The van der Waals surface area contributed by atoms with Gasteiger partial charge in [-0.2, -0.15) is 0 Å². The first-order valence-electron chi connectivity index (χ1n) is 6.02. The van der Waals surface area contributed by atoms with Crippen molar-refractivity contribution in [1.82, 2.24) is 5.32 Å². The number of nitrogens with one attached hydrogen (secondary N) is 1. The number of amides is 1. The molecule has 1 aromatic rings. The highest BCUT2D eigenvalue weighted by molar-refractivity contribution is 5.82. The third kappa shape index (κ3) is 3.61. The van der Waals surface area contributed by atoms with Crippen LogP contribution in [-0.4, -0.2) is 28.1 Å². The third-order valence-electron chi connectivity index (χ3n) is 1.98. The van der Waals surface area contributed by atoms with Crippen molar-refractivity contribution < 1.29 is 23.9 Å². The minimum Gasteiger partial charge on any atom is -0.508 e. The van der Waals surface area contributed by atoms with Gasteiger partial charge in [-0.1, -0.05) is 12.1 Å². The Morgan fingerprint density at radius 3 is 2.56 bits per heavy atom. The molecule has 0 aliphatic rings. The molecular formula is C11H13NO4. The molecule has 3 N–H and O–H groups in total. The molecule has 0 fully saturated rings. The number of aromatic hydroxyl groups is 1. The molecule has 5 nitrogen and oxygen atoms in total. The molecule has 86 valence electrons. The van der Waals surface area contributed by atoms with E-state index < -0.39 is 24.8 Å². The average molecular weight is 226 g/mol. The Balaban J connectivity index is 2.77. The zero-order valence-electron chi connectivity index (χ0n) is 11.3. The molecular weight excluding hydrogens is 210 g/mol. The lowest BCUT2D eigenvalue weighted by molar-refractivity contribution is -0.141. The maximum atomic E-state index is 11.2. The number of aliphatic carboxylic acids is 1. The van der Waals surface area contributed by atoms with Crippen LogP contribution in [0.1, 0.15) is 16.5 Å². The molecule has 0 heterocycles. The summed E-state index contributed by atoms with van der Waals surface area (Å²) in [6.45, 7) is -2.89. The van der Waals surface area contributed by atoms with Crippen LogP contribution in [0.2, 0.25) is 0 Å². The van der Waals surface area contributed by atoms with Gasteiger partial charge < -0.3 is 15.5 Å². The Hall–Kier alpha value is -2.04. The molecule has 0 saturated carbocycles. The molecule has 0 unspecified atom stereocenters. The van der Waals surface area contributed by atoms with E-state index in [1.807, 2.05) is 5.32 Å². The lowest BCUT2D eigenvalue weighted by Crippen LogP contribution is -2.41. The summed E-state index contributed by atoms with van der Waals surface area (Å²) in [5.74, 6) is -2.61. The summed E-state index contributed by atoms with van der Waals surface area (Å²) in [6.07, 6.45) is -0.0720. The summed E-state index contributed by atoms with van der Waals surface area (Å²) in [4.78, 5) is 22.2. The number of carboxylic acids is 1. The zero-order chi connectivity index (χ0) is 14.6. The number of carbonyl (C=O) groups excluding carboxylic acids is 1. The van der Waals surface area contributed by atoms with E-state index in [1.54, 1.807) is 0 Å². The van der Waals surface area contributed by atoms with Crippen LogP contribution in [0.15, 0.2) is 24.3 Å². The Morgan fingerprint density at radius 1 is 1.44 bits per heavy atom. The van der Waals surface area contributed by atoms with E-state index in [9.17, 15) is 9.59 Å². The molecule has 0 radical (unpaired) electrons. The summed E-state index contributed by atoms with van der Waals surface area (Å²) in [5, 5.41) is 20.0. The second-order valence-corrected chi connectivity index (χ2v) is 3.23. The molecule has 0 aromatic heterocycles. The topological polar surface area (TPSA) is 86.6 Å². The van der Waals surface area contributed by atoms with Crippen molar-refractivity contribution in [2.75, 3.05) is 0 Å². The Bertz CT molecular complexity index is 470. The van der Waals surface area contributed by atoms with Crippen LogP contribution in [0.4, 0.5) is 0 Å². The predicted molar refractivity (Wildman–Crippen MR) is 57.1 cm³/mol. The van der Waals surface area contributed by atoms with Crippen molar-refractivity contribution in [3.8, 4) is 5.75 Å². The lowest BCUT2D eigenvalue weighted by atomic mass is 10.1. The van der Waals surface area contributed by atoms with Crippen LogP contribution in [-0.2, 0) is 16.0 Å². The number of phenolic OH excluding ortho intramolecular Hbond substituents is 1. The van der Waals surface area contributed by atoms with Gasteiger partial charge in [0.05, 0.1) is 0 Å². The van der Waals surface area contributed by atoms with Gasteiger partial charge in [0.15, 0.2) is 0 Å². The molecule has 0 aliphatic carbocycles. The molecule has 0 bridgehead atoms. The highest BCUT2D eigenvalue weighted by Gasteiger charge is 2.18. The Morgan fingerprint density at radius 2 is 2.06 bits per heavy atom. The number of benzene rings is 1. The van der Waals surface area contributed by atoms with Gasteiger partial charge in [0.25, 0.3) is 0 Å². The van der Waals surface area contributed by atoms with E-state index in [4.69, 9.17) is 14.3 Å². The number of hydrogen-bond donors (Lipinski definition) is 3. The molecule has 16 heavy (non-hydrogen) atoms. The van der Waals surface area contributed by atoms with Crippen LogP contribution >= 0.6 is 0 Å². The minimum atomic E-state index is -2.89. The molecule has 1 atom stereocenters. The molecule has 0 saturated heterocycles. The van der Waals surface area contributed by atoms with Crippen molar-refractivity contribution in [2.24, 2.45) is 0 Å². The zero-order valence-corrected chi connectivity index (χ0v) is 8.30. The molecule has 1 amide bonds. The largest absolute Gasteiger partial charge is 0.508 e. The number of phenols is 1. The minimum absolute atomic E-state index is 0.0298. The van der Waals surface area contributed by atoms with Gasteiger partial charge in [-0.3, -0.25) is 4.79 Å². The number of carbonyl (C=O) groups is 2. The van der Waals surface area contributed by atoms with Crippen LogP contribution in [0.25, 0.3) is 0 Å². The van der Waals surface area contributed by atoms with Gasteiger partial charge in [-0.15, -0.1) is 0 Å². The van der Waals surface area contributed by atoms with Crippen molar-refractivity contribution >= 4 is 11.9 Å². The van der Waals surface area contributed by atoms with Crippen LogP contribution in [0, 0.1) is 0 Å². The second kappa shape index (κ2) is 5.16. The highest BCUT2D eigenvalue weighted by atomic mass is 16.4. The Kier molecular flexibility index (Phi) is 2.63. The third-order valence-corrected chi connectivity index (χ3v) is 1.98. The summed E-state index contributed by atoms with van der Waals surface area (Å²) < 4.78 is 20.6. The summed E-state index contributed by atoms with van der Waals surface area (Å²) in [5.41, 5.74) is 0.552. The van der Waals surface area contributed by atoms with E-state index in [-0.39, 0.29) is 12.2 Å². The monoisotopic (exact) mass is 226 g/mol. The fourth-order valence-corrected chi connectivity index (χ4v) is 1.23. The van der Waals surface area contributed by atoms with Crippen LogP contribution < -0.4 is 5.32 Å². The quantitative estimate of drug-likeness (QED) is 0.698. The van der Waals surface area contributed by atoms with E-state index >= 15 is 0 Å². The predicted octanol–water partition coefficient (Wildman–Crippen LogP) is 0.524. The van der Waals surface area contributed by atoms with Gasteiger partial charge in [0, 0.05) is 17.4 Å². The first-order valence-corrected chi connectivity index (χ1v) is 4.52. The second-order valence-electron chi connectivity index (χ2n) is 3.23. The van der Waals surface area contributed by atoms with E-state index in [0.29, 0.717) is 5.56 Å². The van der Waals surface area contributed by atoms with E-state index in [1.165, 1.54) is 24.3 Å². The summed E-state index contributed by atoms with van der Waals surface area (Å²) in [7, 11) is 0. The molecule has 5 heteroatoms. The lowest BCUT2D eigenvalue weighted by Gasteiger charge is -2.13. The number of rotatable bonds is 4. The van der Waals surface area contributed by atoms with Crippen molar-refractivity contribution in [3.05, 3.63) is 29.8 Å². The molecule has 1 aromatic carbocycles. The summed E-state index contributed by atoms with van der Waals surface area (Å²) in [6, 6.07) is 4.40. The van der Waals surface area contributed by atoms with E-state index in [2.05, 4.69) is 0 Å². The highest BCUT2D eigenvalue weighted by Crippen LogP contribution is 2.11. The molecule has 1 rings (SSSR count). The van der Waals surface area contributed by atoms with Crippen molar-refractivity contribution in [3.63, 3.8) is 0 Å². The number of carboxylic acid groups (broad SMARTS) is 1. The van der Waals surface area contributed by atoms with E-state index in [0.717, 1.165) is 0 Å². The van der Waals surface area contributed by atoms with Gasteiger partial charge in [-0.25, -0.2) is 4.79 Å².